The van der Waals surface area contributed by atoms with Gasteiger partial charge in [0.15, 0.2) is 0 Å². The number of aliphatic hydroxyl groups excluding tert-OH is 2. The molecule has 0 saturated heterocycles. The molecule has 3 atom stereocenters. The Morgan fingerprint density at radius 1 is 0.527 bits per heavy atom. The van der Waals surface area contributed by atoms with Crippen molar-refractivity contribution in [3.63, 3.8) is 0 Å². The molecule has 3 unspecified atom stereocenters. The fourth-order valence-electron chi connectivity index (χ4n) is 6.69. The van der Waals surface area contributed by atoms with Crippen molar-refractivity contribution in [2.75, 3.05) is 6.61 Å². The monoisotopic (exact) mass is 770 g/mol. The summed E-state index contributed by atoms with van der Waals surface area (Å²) in [6, 6.07) is -0.704. The molecule has 0 aromatic heterocycles. The standard InChI is InChI=1S/C49H87NO5/c1-4-7-10-13-16-19-21-22-23-24-25-26-27-28-30-33-36-39-42-49(54)55-45(40-37-34-31-18-15-12-9-6-3)43-48(53)50-46(44-51)47(52)41-38-35-32-29-20-17-14-11-8-5-2/h10,13,16,19,21-26,45-47,51-52H,4-9,11-12,14-15,17-18,20,27-44H2,1-3H3,(H,50,53)/b13-10+,19-16+,22-21+,24-23+,26-25+. The number of carbonyl (C=O) groups is 2. The van der Waals surface area contributed by atoms with Gasteiger partial charge in [-0.05, 0) is 44.9 Å². The Hall–Kier alpha value is -2.44. The average Bonchev–Trinajstić information content (AvgIpc) is 3.18. The van der Waals surface area contributed by atoms with Gasteiger partial charge >= 0.3 is 5.97 Å². The van der Waals surface area contributed by atoms with Crippen molar-refractivity contribution < 1.29 is 24.5 Å². The molecule has 6 nitrogen and oxygen atoms in total. The van der Waals surface area contributed by atoms with Gasteiger partial charge < -0.3 is 20.3 Å². The van der Waals surface area contributed by atoms with Crippen molar-refractivity contribution in [1.82, 2.24) is 5.32 Å². The average molecular weight is 770 g/mol. The summed E-state index contributed by atoms with van der Waals surface area (Å²) < 4.78 is 5.88. The maximum absolute atomic E-state index is 13.1. The van der Waals surface area contributed by atoms with E-state index in [1.165, 1.54) is 83.5 Å². The van der Waals surface area contributed by atoms with E-state index in [-0.39, 0.29) is 24.9 Å². The number of hydrogen-bond donors (Lipinski definition) is 3. The molecule has 0 fully saturated rings. The lowest BCUT2D eigenvalue weighted by atomic mass is 10.0. The second-order valence-electron chi connectivity index (χ2n) is 15.6. The highest BCUT2D eigenvalue weighted by molar-refractivity contribution is 5.77. The van der Waals surface area contributed by atoms with Crippen LogP contribution in [0.2, 0.25) is 0 Å². The first-order valence-electron chi connectivity index (χ1n) is 23.1. The molecule has 0 bridgehead atoms. The Morgan fingerprint density at radius 3 is 1.47 bits per heavy atom. The van der Waals surface area contributed by atoms with E-state index in [0.717, 1.165) is 83.5 Å². The second kappa shape index (κ2) is 42.7. The minimum Gasteiger partial charge on any atom is -0.462 e. The predicted octanol–water partition coefficient (Wildman–Crippen LogP) is 13.3. The van der Waals surface area contributed by atoms with Crippen LogP contribution in [0.1, 0.15) is 213 Å². The van der Waals surface area contributed by atoms with Crippen LogP contribution >= 0.6 is 0 Å². The van der Waals surface area contributed by atoms with E-state index >= 15 is 0 Å². The van der Waals surface area contributed by atoms with Gasteiger partial charge in [0.1, 0.15) is 6.10 Å². The van der Waals surface area contributed by atoms with Gasteiger partial charge in [-0.25, -0.2) is 0 Å². The van der Waals surface area contributed by atoms with Gasteiger partial charge in [0, 0.05) is 6.42 Å². The van der Waals surface area contributed by atoms with Gasteiger partial charge in [-0.2, -0.15) is 0 Å². The summed E-state index contributed by atoms with van der Waals surface area (Å²) in [5, 5.41) is 23.6. The van der Waals surface area contributed by atoms with Crippen molar-refractivity contribution in [2.45, 2.75) is 232 Å². The molecule has 0 aromatic rings. The molecular formula is C49H87NO5. The number of ether oxygens (including phenoxy) is 1. The van der Waals surface area contributed by atoms with E-state index in [2.05, 4.69) is 62.5 Å². The Balaban J connectivity index is 4.53. The lowest BCUT2D eigenvalue weighted by Gasteiger charge is -2.24. The molecule has 318 valence electrons. The number of carbonyl (C=O) groups excluding carboxylic acids is 2. The van der Waals surface area contributed by atoms with E-state index in [1.807, 2.05) is 24.3 Å². The molecule has 0 aromatic carbocycles. The highest BCUT2D eigenvalue weighted by atomic mass is 16.5. The maximum atomic E-state index is 13.1. The SMILES string of the molecule is CCC/C=C/C=C/C=C/C=C/C=C/CCCCCCCC(=O)OC(CCCCCCCCCC)CC(=O)NC(CO)C(O)CCCCCCCCCCCC. The molecule has 0 aliphatic rings. The first kappa shape index (κ1) is 52.6. The van der Waals surface area contributed by atoms with Gasteiger partial charge in [-0.3, -0.25) is 9.59 Å². The molecule has 1 amide bonds. The first-order chi connectivity index (χ1) is 27.0. The zero-order chi connectivity index (χ0) is 40.3. The molecule has 0 rings (SSSR count). The normalized spacial score (nSPS) is 13.9. The number of hydrogen-bond acceptors (Lipinski definition) is 5. The van der Waals surface area contributed by atoms with E-state index in [4.69, 9.17) is 4.74 Å². The fraction of sp³-hybridized carbons (Fsp3) is 0.755. The third kappa shape index (κ3) is 38.2. The Labute approximate surface area is 339 Å². The van der Waals surface area contributed by atoms with Gasteiger partial charge in [0.25, 0.3) is 0 Å². The van der Waals surface area contributed by atoms with E-state index < -0.39 is 18.2 Å². The second-order valence-corrected chi connectivity index (χ2v) is 15.6. The Kier molecular flexibility index (Phi) is 40.8. The fourth-order valence-corrected chi connectivity index (χ4v) is 6.69. The number of esters is 1. The molecule has 0 aliphatic heterocycles. The third-order valence-electron chi connectivity index (χ3n) is 10.2. The zero-order valence-electron chi connectivity index (χ0n) is 36.0. The van der Waals surface area contributed by atoms with Crippen LogP contribution in [0.3, 0.4) is 0 Å². The molecule has 55 heavy (non-hydrogen) atoms. The number of aliphatic hydroxyl groups is 2. The third-order valence-corrected chi connectivity index (χ3v) is 10.2. The predicted molar refractivity (Wildman–Crippen MR) is 236 cm³/mol. The number of rotatable bonds is 40. The van der Waals surface area contributed by atoms with Gasteiger partial charge in [-0.1, -0.05) is 216 Å². The highest BCUT2D eigenvalue weighted by Gasteiger charge is 2.24. The molecule has 0 heterocycles. The van der Waals surface area contributed by atoms with E-state index in [9.17, 15) is 19.8 Å². The summed E-state index contributed by atoms with van der Waals surface area (Å²) in [6.07, 6.45) is 51.3. The maximum Gasteiger partial charge on any atom is 0.306 e. The number of nitrogens with one attached hydrogen (secondary N) is 1. The summed E-state index contributed by atoms with van der Waals surface area (Å²) in [5.74, 6) is -0.508. The highest BCUT2D eigenvalue weighted by Crippen LogP contribution is 2.17. The molecule has 0 aliphatic carbocycles. The van der Waals surface area contributed by atoms with Crippen LogP contribution < -0.4 is 5.32 Å². The Morgan fingerprint density at radius 2 is 0.964 bits per heavy atom. The first-order valence-corrected chi connectivity index (χ1v) is 23.1. The zero-order valence-corrected chi connectivity index (χ0v) is 36.0. The molecule has 6 heteroatoms. The molecule has 0 saturated carbocycles. The summed E-state index contributed by atoms with van der Waals surface area (Å²) in [6.45, 7) is 6.34. The molecule has 0 radical (unpaired) electrons. The van der Waals surface area contributed by atoms with E-state index in [1.54, 1.807) is 0 Å². The van der Waals surface area contributed by atoms with E-state index in [0.29, 0.717) is 19.3 Å². The summed E-state index contributed by atoms with van der Waals surface area (Å²) >= 11 is 0. The van der Waals surface area contributed by atoms with Crippen molar-refractivity contribution in [2.24, 2.45) is 0 Å². The number of amides is 1. The Bertz CT molecular complexity index is 999. The van der Waals surface area contributed by atoms with Crippen molar-refractivity contribution in [3.05, 3.63) is 60.8 Å². The van der Waals surface area contributed by atoms with Crippen LogP contribution in [-0.2, 0) is 14.3 Å². The van der Waals surface area contributed by atoms with Crippen LogP contribution in [0.15, 0.2) is 60.8 Å². The largest absolute Gasteiger partial charge is 0.462 e. The molecule has 3 N–H and O–H groups in total. The van der Waals surface area contributed by atoms with Crippen molar-refractivity contribution in [3.8, 4) is 0 Å². The summed E-state index contributed by atoms with van der Waals surface area (Å²) in [7, 11) is 0. The van der Waals surface area contributed by atoms with Gasteiger partial charge in [0.2, 0.25) is 5.91 Å². The number of unbranched alkanes of at least 4 members (excludes halogenated alkanes) is 22. The van der Waals surface area contributed by atoms with Crippen LogP contribution in [-0.4, -0.2) is 46.9 Å². The summed E-state index contributed by atoms with van der Waals surface area (Å²) in [5.41, 5.74) is 0. The van der Waals surface area contributed by atoms with Crippen LogP contribution in [0.25, 0.3) is 0 Å². The number of allylic oxidation sites excluding steroid dienone is 10. The quantitative estimate of drug-likeness (QED) is 0.0328. The van der Waals surface area contributed by atoms with Crippen LogP contribution in [0.5, 0.6) is 0 Å². The van der Waals surface area contributed by atoms with Crippen molar-refractivity contribution in [1.29, 1.82) is 0 Å². The minimum atomic E-state index is -0.789. The topological polar surface area (TPSA) is 95.9 Å². The van der Waals surface area contributed by atoms with Gasteiger partial charge in [0.05, 0.1) is 25.2 Å². The lowest BCUT2D eigenvalue weighted by molar-refractivity contribution is -0.151. The van der Waals surface area contributed by atoms with Gasteiger partial charge in [-0.15, -0.1) is 0 Å². The van der Waals surface area contributed by atoms with Crippen molar-refractivity contribution >= 4 is 11.9 Å². The molecular weight excluding hydrogens is 683 g/mol. The molecule has 0 spiro atoms. The van der Waals surface area contributed by atoms with Crippen LogP contribution in [0, 0.1) is 0 Å². The smallest absolute Gasteiger partial charge is 0.306 e. The minimum absolute atomic E-state index is 0.0660. The summed E-state index contributed by atoms with van der Waals surface area (Å²) in [4.78, 5) is 25.9. The van der Waals surface area contributed by atoms with Crippen LogP contribution in [0.4, 0.5) is 0 Å². The lowest BCUT2D eigenvalue weighted by Crippen LogP contribution is -2.46.